The number of carboxylic acids is 1. The average molecular weight is 152 g/mol. The van der Waals surface area contributed by atoms with Gasteiger partial charge in [0.15, 0.2) is 0 Å². The van der Waals surface area contributed by atoms with E-state index in [4.69, 9.17) is 16.6 Å². The maximum absolute atomic E-state index is 9.88. The molecule has 0 heterocycles. The highest BCUT2D eigenvalue weighted by molar-refractivity contribution is 5.86. The van der Waals surface area contributed by atoms with E-state index in [1.54, 1.807) is 0 Å². The van der Waals surface area contributed by atoms with Crippen molar-refractivity contribution in [3.63, 3.8) is 0 Å². The van der Waals surface area contributed by atoms with Gasteiger partial charge in [0.1, 0.15) is 6.04 Å². The van der Waals surface area contributed by atoms with Gasteiger partial charge in [0, 0.05) is 5.92 Å². The first-order valence-corrected chi connectivity index (χ1v) is 2.85. The van der Waals surface area contributed by atoms with Crippen LogP contribution < -0.4 is 11.5 Å². The van der Waals surface area contributed by atoms with Gasteiger partial charge in [0.05, 0.1) is 6.54 Å². The number of nitrogens with two attached hydrogens (primary N) is 2. The molecule has 4 heteroatoms. The van der Waals surface area contributed by atoms with Gasteiger partial charge in [0.2, 0.25) is 0 Å². The Morgan fingerprint density at radius 2 is 2.18 bits per heavy atom. The summed E-state index contributed by atoms with van der Waals surface area (Å²) in [4.78, 5) is 9.88. The van der Waals surface area contributed by atoms with E-state index < -0.39 is 12.0 Å². The average Bonchev–Trinajstić information content (AvgIpc) is 1.97. The van der Waals surface area contributed by atoms with Crippen molar-refractivity contribution in [3.05, 3.63) is 0 Å². The van der Waals surface area contributed by atoms with Gasteiger partial charge in [-0.15, -0.1) is 0 Å². The standard InChI is InChI=1S/C7H8N2O2/c8-5-1-2-6(9)3-4-7(10)11/h6H,5,8-9H2,(H,10,11). The van der Waals surface area contributed by atoms with Crippen molar-refractivity contribution in [1.29, 1.82) is 0 Å². The minimum absolute atomic E-state index is 0.197. The minimum Gasteiger partial charge on any atom is -0.472 e. The Morgan fingerprint density at radius 3 is 2.64 bits per heavy atom. The van der Waals surface area contributed by atoms with Crippen LogP contribution in [0, 0.1) is 23.7 Å². The Balaban J connectivity index is 3.99. The van der Waals surface area contributed by atoms with Crippen LogP contribution in [0.2, 0.25) is 0 Å². The van der Waals surface area contributed by atoms with Gasteiger partial charge in [-0.2, -0.15) is 0 Å². The molecular formula is C7H8N2O2. The molecule has 0 aliphatic rings. The Hall–Kier alpha value is -1.49. The third-order valence-electron chi connectivity index (χ3n) is 0.694. The molecule has 0 aliphatic carbocycles. The summed E-state index contributed by atoms with van der Waals surface area (Å²) in [6.45, 7) is 0.197. The molecule has 1 unspecified atom stereocenters. The molecule has 58 valence electrons. The van der Waals surface area contributed by atoms with Crippen molar-refractivity contribution in [2.75, 3.05) is 6.54 Å². The molecule has 0 fully saturated rings. The van der Waals surface area contributed by atoms with E-state index in [2.05, 4.69) is 17.8 Å². The SMILES string of the molecule is NCC#CC(N)C#CC(=O)O. The van der Waals surface area contributed by atoms with Crippen LogP contribution in [0.15, 0.2) is 0 Å². The van der Waals surface area contributed by atoms with E-state index in [-0.39, 0.29) is 6.54 Å². The summed E-state index contributed by atoms with van der Waals surface area (Å²) in [5.74, 6) is 7.79. The van der Waals surface area contributed by atoms with Gasteiger partial charge in [0.25, 0.3) is 0 Å². The lowest BCUT2D eigenvalue weighted by molar-refractivity contribution is -0.130. The maximum Gasteiger partial charge on any atom is 0.381 e. The van der Waals surface area contributed by atoms with Gasteiger partial charge >= 0.3 is 5.97 Å². The zero-order chi connectivity index (χ0) is 8.69. The van der Waals surface area contributed by atoms with Crippen LogP contribution in [0.3, 0.4) is 0 Å². The highest BCUT2D eigenvalue weighted by atomic mass is 16.4. The molecule has 0 saturated carbocycles. The second kappa shape index (κ2) is 5.31. The predicted molar refractivity (Wildman–Crippen MR) is 40.2 cm³/mol. The van der Waals surface area contributed by atoms with Crippen molar-refractivity contribution >= 4 is 5.97 Å². The Bertz CT molecular complexity index is 251. The first kappa shape index (κ1) is 9.51. The van der Waals surface area contributed by atoms with Gasteiger partial charge in [-0.05, 0) is 0 Å². The van der Waals surface area contributed by atoms with Crippen molar-refractivity contribution in [2.24, 2.45) is 11.5 Å². The normalized spacial score (nSPS) is 10.0. The van der Waals surface area contributed by atoms with Crippen molar-refractivity contribution in [1.82, 2.24) is 0 Å². The monoisotopic (exact) mass is 152 g/mol. The number of hydrogen-bond acceptors (Lipinski definition) is 3. The first-order chi connectivity index (χ1) is 5.16. The molecule has 0 bridgehead atoms. The van der Waals surface area contributed by atoms with E-state index >= 15 is 0 Å². The third-order valence-corrected chi connectivity index (χ3v) is 0.694. The molecule has 0 aliphatic heterocycles. The molecule has 0 aromatic heterocycles. The van der Waals surface area contributed by atoms with Gasteiger partial charge < -0.3 is 16.6 Å². The zero-order valence-corrected chi connectivity index (χ0v) is 5.79. The van der Waals surface area contributed by atoms with E-state index in [1.165, 1.54) is 0 Å². The van der Waals surface area contributed by atoms with Gasteiger partial charge in [-0.1, -0.05) is 17.8 Å². The molecule has 4 nitrogen and oxygen atoms in total. The van der Waals surface area contributed by atoms with Gasteiger partial charge in [-0.25, -0.2) is 4.79 Å². The van der Waals surface area contributed by atoms with Gasteiger partial charge in [-0.3, -0.25) is 0 Å². The Labute approximate surface area is 64.6 Å². The highest BCUT2D eigenvalue weighted by Crippen LogP contribution is 1.69. The molecule has 0 saturated heterocycles. The summed E-state index contributed by atoms with van der Waals surface area (Å²) >= 11 is 0. The fraction of sp³-hybridized carbons (Fsp3) is 0.286. The maximum atomic E-state index is 9.88. The summed E-state index contributed by atoms with van der Waals surface area (Å²) in [7, 11) is 0. The van der Waals surface area contributed by atoms with Crippen LogP contribution in [0.1, 0.15) is 0 Å². The summed E-state index contributed by atoms with van der Waals surface area (Å²) in [6, 6.07) is -0.727. The van der Waals surface area contributed by atoms with Crippen molar-refractivity contribution in [3.8, 4) is 23.7 Å². The largest absolute Gasteiger partial charge is 0.472 e. The molecule has 11 heavy (non-hydrogen) atoms. The number of carbonyl (C=O) groups is 1. The lowest BCUT2D eigenvalue weighted by atomic mass is 10.3. The zero-order valence-electron chi connectivity index (χ0n) is 5.79. The topological polar surface area (TPSA) is 89.3 Å². The Morgan fingerprint density at radius 1 is 1.55 bits per heavy atom. The summed E-state index contributed by atoms with van der Waals surface area (Å²) in [6.07, 6.45) is 0. The fourth-order valence-electron chi connectivity index (χ4n) is 0.344. The molecule has 0 radical (unpaired) electrons. The van der Waals surface area contributed by atoms with Crippen LogP contribution in [-0.4, -0.2) is 23.7 Å². The van der Waals surface area contributed by atoms with Crippen LogP contribution in [0.25, 0.3) is 0 Å². The lowest BCUT2D eigenvalue weighted by Gasteiger charge is -1.86. The highest BCUT2D eigenvalue weighted by Gasteiger charge is 1.88. The fourth-order valence-corrected chi connectivity index (χ4v) is 0.344. The smallest absolute Gasteiger partial charge is 0.381 e. The molecule has 0 spiro atoms. The van der Waals surface area contributed by atoms with Crippen molar-refractivity contribution in [2.45, 2.75) is 6.04 Å². The number of hydrogen-bond donors (Lipinski definition) is 3. The first-order valence-electron chi connectivity index (χ1n) is 2.85. The Kier molecular flexibility index (Phi) is 4.59. The second-order valence-electron chi connectivity index (χ2n) is 1.58. The van der Waals surface area contributed by atoms with Crippen LogP contribution in [-0.2, 0) is 4.79 Å². The van der Waals surface area contributed by atoms with E-state index in [9.17, 15) is 4.79 Å². The van der Waals surface area contributed by atoms with Crippen LogP contribution in [0.4, 0.5) is 0 Å². The predicted octanol–water partition coefficient (Wildman–Crippen LogP) is -1.64. The minimum atomic E-state index is -1.21. The molecule has 0 amide bonds. The number of carboxylic acid groups (broad SMARTS) is 1. The molecule has 1 atom stereocenters. The van der Waals surface area contributed by atoms with E-state index in [0.29, 0.717) is 0 Å². The third kappa shape index (κ3) is 6.39. The quantitative estimate of drug-likeness (QED) is 0.363. The molecular weight excluding hydrogens is 144 g/mol. The number of aliphatic carboxylic acids is 1. The molecule has 0 aromatic rings. The van der Waals surface area contributed by atoms with Crippen LogP contribution >= 0.6 is 0 Å². The lowest BCUT2D eigenvalue weighted by Crippen LogP contribution is -2.15. The molecule has 0 aromatic carbocycles. The van der Waals surface area contributed by atoms with Crippen molar-refractivity contribution < 1.29 is 9.90 Å². The van der Waals surface area contributed by atoms with Crippen LogP contribution in [0.5, 0.6) is 0 Å². The molecule has 5 N–H and O–H groups in total. The summed E-state index contributed by atoms with van der Waals surface area (Å²) in [5, 5.41) is 8.09. The van der Waals surface area contributed by atoms with E-state index in [0.717, 1.165) is 0 Å². The number of rotatable bonds is 0. The molecule has 0 rings (SSSR count). The summed E-state index contributed by atoms with van der Waals surface area (Å²) < 4.78 is 0. The summed E-state index contributed by atoms with van der Waals surface area (Å²) in [5.41, 5.74) is 10.3. The second-order valence-corrected chi connectivity index (χ2v) is 1.58. The van der Waals surface area contributed by atoms with E-state index in [1.807, 2.05) is 5.92 Å².